The summed E-state index contributed by atoms with van der Waals surface area (Å²) >= 11 is 0. The molecular weight excluding hydrogens is 310 g/mol. The molecule has 0 aliphatic heterocycles. The monoisotopic (exact) mass is 337 g/mol. The highest BCUT2D eigenvalue weighted by Crippen LogP contribution is 2.22. The van der Waals surface area contributed by atoms with Gasteiger partial charge in [-0.05, 0) is 38.5 Å². The van der Waals surface area contributed by atoms with E-state index in [-0.39, 0.29) is 16.5 Å². The summed E-state index contributed by atoms with van der Waals surface area (Å²) in [5.74, 6) is 3.48. The zero-order valence-electron chi connectivity index (χ0n) is 14.4. The van der Waals surface area contributed by atoms with Crippen LogP contribution < -0.4 is 4.72 Å². The molecule has 0 heterocycles. The topological polar surface area (TPSA) is 49.3 Å². The number of aromatic hydroxyl groups is 1. The molecule has 0 spiro atoms. The maximum atomic E-state index is 12.4. The van der Waals surface area contributed by atoms with Gasteiger partial charge in [0, 0.05) is 6.42 Å². The molecule has 2 N–H and O–H groups in total. The van der Waals surface area contributed by atoms with Gasteiger partial charge in [0.2, 0.25) is 0 Å². The average molecular weight is 338 g/mol. The second-order valence-electron chi connectivity index (χ2n) is 7.40. The molecule has 122 valence electrons. The molecule has 1 rings (SSSR count). The fraction of sp³-hybridized carbons (Fsp3) is 0.529. The van der Waals surface area contributed by atoms with Gasteiger partial charge in [0.15, 0.2) is 0 Å². The van der Waals surface area contributed by atoms with Gasteiger partial charge in [-0.3, -0.25) is 0 Å². The third kappa shape index (κ3) is 6.78. The molecule has 0 bridgehead atoms. The van der Waals surface area contributed by atoms with Gasteiger partial charge in [-0.2, -0.15) is 0 Å². The Labute approximate surface area is 138 Å². The summed E-state index contributed by atoms with van der Waals surface area (Å²) in [5, 5.41) is 9.43. The lowest BCUT2D eigenvalue weighted by Gasteiger charge is -2.23. The van der Waals surface area contributed by atoms with Crippen molar-refractivity contribution in [2.45, 2.75) is 57.6 Å². The van der Waals surface area contributed by atoms with Crippen LogP contribution in [0.5, 0.6) is 5.75 Å². The van der Waals surface area contributed by atoms with Crippen LogP contribution in [-0.4, -0.2) is 22.1 Å². The first-order chi connectivity index (χ1) is 9.99. The van der Waals surface area contributed by atoms with Crippen molar-refractivity contribution >= 4 is 19.1 Å². The summed E-state index contributed by atoms with van der Waals surface area (Å²) in [6, 6.07) is 6.89. The first-order valence-electron chi connectivity index (χ1n) is 7.46. The Kier molecular flexibility index (Phi) is 6.42. The fourth-order valence-corrected chi connectivity index (χ4v) is 3.12. The van der Waals surface area contributed by atoms with Crippen molar-refractivity contribution in [1.82, 2.24) is 4.72 Å². The first-order valence-corrected chi connectivity index (χ1v) is 12.1. The third-order valence-corrected chi connectivity index (χ3v) is 5.41. The van der Waals surface area contributed by atoms with E-state index in [4.69, 9.17) is 0 Å². The molecule has 0 fully saturated rings. The van der Waals surface area contributed by atoms with E-state index >= 15 is 0 Å². The molecule has 0 radical (unpaired) electrons. The maximum absolute atomic E-state index is 12.4. The van der Waals surface area contributed by atoms with Crippen molar-refractivity contribution < 1.29 is 9.32 Å². The molecule has 0 amide bonds. The summed E-state index contributed by atoms with van der Waals surface area (Å²) in [5.41, 5.74) is 4.33. The van der Waals surface area contributed by atoms with Gasteiger partial charge in [-0.15, -0.1) is 11.5 Å². The maximum Gasteiger partial charge on any atom is 0.129 e. The number of phenols is 1. The van der Waals surface area contributed by atoms with E-state index in [2.05, 4.69) is 35.8 Å². The summed E-state index contributed by atoms with van der Waals surface area (Å²) in [6.07, 6.45) is 0.608. The highest BCUT2D eigenvalue weighted by Gasteiger charge is 2.23. The summed E-state index contributed by atoms with van der Waals surface area (Å²) in [6.45, 7) is 12.4. The highest BCUT2D eigenvalue weighted by atomic mass is 32.2. The van der Waals surface area contributed by atoms with E-state index in [0.29, 0.717) is 6.42 Å². The molecule has 2 atom stereocenters. The minimum absolute atomic E-state index is 0.107. The molecule has 0 aliphatic rings. The van der Waals surface area contributed by atoms with Crippen molar-refractivity contribution in [1.29, 1.82) is 0 Å². The average Bonchev–Trinajstić information content (AvgIpc) is 2.36. The van der Waals surface area contributed by atoms with Crippen LogP contribution in [0.15, 0.2) is 24.3 Å². The molecule has 0 aromatic heterocycles. The minimum Gasteiger partial charge on any atom is -0.508 e. The Morgan fingerprint density at radius 2 is 1.77 bits per heavy atom. The van der Waals surface area contributed by atoms with E-state index in [1.54, 1.807) is 12.1 Å². The van der Waals surface area contributed by atoms with E-state index in [1.165, 1.54) is 0 Å². The Morgan fingerprint density at radius 1 is 1.23 bits per heavy atom. The molecule has 0 unspecified atom stereocenters. The minimum atomic E-state index is -1.42. The molecule has 1 aromatic rings. The molecule has 0 aliphatic carbocycles. The van der Waals surface area contributed by atoms with E-state index in [0.717, 1.165) is 5.56 Å². The molecule has 22 heavy (non-hydrogen) atoms. The molecule has 3 nitrogen and oxygen atoms in total. The quantitative estimate of drug-likeness (QED) is 0.649. The van der Waals surface area contributed by atoms with Gasteiger partial charge >= 0.3 is 0 Å². The molecule has 0 saturated heterocycles. The number of hydrogen-bond acceptors (Lipinski definition) is 2. The SMILES string of the molecule is CC(C)(C)[S@@](=O)N[C@@H](CC#C[Si](C)(C)C)c1ccc(O)cc1. The Morgan fingerprint density at radius 3 is 2.23 bits per heavy atom. The van der Waals surface area contributed by atoms with Crippen LogP contribution in [0.2, 0.25) is 19.6 Å². The van der Waals surface area contributed by atoms with Gasteiger partial charge in [0.25, 0.3) is 0 Å². The number of benzene rings is 1. The largest absolute Gasteiger partial charge is 0.508 e. The van der Waals surface area contributed by atoms with Crippen LogP contribution in [0.1, 0.15) is 38.8 Å². The number of hydrogen-bond donors (Lipinski definition) is 2. The van der Waals surface area contributed by atoms with Gasteiger partial charge in [0.05, 0.1) is 21.8 Å². The number of rotatable bonds is 4. The zero-order chi connectivity index (χ0) is 17.0. The molecule has 1 aromatic carbocycles. The third-order valence-electron chi connectivity index (χ3n) is 2.87. The van der Waals surface area contributed by atoms with Crippen LogP contribution in [0, 0.1) is 11.5 Å². The second-order valence-corrected chi connectivity index (χ2v) is 14.1. The van der Waals surface area contributed by atoms with Gasteiger partial charge in [-0.25, -0.2) is 8.93 Å². The van der Waals surface area contributed by atoms with Gasteiger partial charge < -0.3 is 5.11 Å². The number of nitrogens with one attached hydrogen (secondary N) is 1. The Balaban J connectivity index is 2.97. The normalized spacial score (nSPS) is 14.8. The molecule has 0 saturated carbocycles. The van der Waals surface area contributed by atoms with Gasteiger partial charge in [-0.1, -0.05) is 31.8 Å². The van der Waals surface area contributed by atoms with Gasteiger partial charge in [0.1, 0.15) is 13.8 Å². The number of phenolic OH excluding ortho intramolecular Hbond substituents is 1. The molecule has 5 heteroatoms. The second kappa shape index (κ2) is 7.45. The lowest BCUT2D eigenvalue weighted by molar-refractivity contribution is 0.474. The van der Waals surface area contributed by atoms with Crippen molar-refractivity contribution in [2.75, 3.05) is 0 Å². The van der Waals surface area contributed by atoms with Crippen LogP contribution in [-0.2, 0) is 11.0 Å². The molecular formula is C17H27NO2SSi. The van der Waals surface area contributed by atoms with Crippen LogP contribution >= 0.6 is 0 Å². The van der Waals surface area contributed by atoms with Crippen molar-refractivity contribution in [3.63, 3.8) is 0 Å². The fourth-order valence-electron chi connectivity index (χ4n) is 1.66. The smallest absolute Gasteiger partial charge is 0.129 e. The Bertz CT molecular complexity index is 574. The Hall–Kier alpha value is -1.09. The highest BCUT2D eigenvalue weighted by molar-refractivity contribution is 7.84. The predicted octanol–water partition coefficient (Wildman–Crippen LogP) is 3.76. The summed E-state index contributed by atoms with van der Waals surface area (Å²) < 4.78 is 15.2. The van der Waals surface area contributed by atoms with Crippen molar-refractivity contribution in [3.8, 4) is 17.2 Å². The zero-order valence-corrected chi connectivity index (χ0v) is 16.2. The summed E-state index contributed by atoms with van der Waals surface area (Å²) in [7, 11) is -2.58. The van der Waals surface area contributed by atoms with Crippen LogP contribution in [0.3, 0.4) is 0 Å². The van der Waals surface area contributed by atoms with Crippen LogP contribution in [0.4, 0.5) is 0 Å². The standard InChI is InChI=1S/C17H27NO2SSi/c1-17(2,3)21(20)18-16(8-7-13-22(4,5)6)14-9-11-15(19)12-10-14/h9-12,16,18-19H,8H2,1-6H3/t16-,21+/m0/s1. The van der Waals surface area contributed by atoms with E-state index in [9.17, 15) is 9.32 Å². The predicted molar refractivity (Wildman–Crippen MR) is 97.6 cm³/mol. The lowest BCUT2D eigenvalue weighted by atomic mass is 10.1. The summed E-state index contributed by atoms with van der Waals surface area (Å²) in [4.78, 5) is 0. The van der Waals surface area contributed by atoms with E-state index < -0.39 is 19.1 Å². The van der Waals surface area contributed by atoms with Crippen molar-refractivity contribution in [2.24, 2.45) is 0 Å². The van der Waals surface area contributed by atoms with Crippen molar-refractivity contribution in [3.05, 3.63) is 29.8 Å². The lowest BCUT2D eigenvalue weighted by Crippen LogP contribution is -2.35. The van der Waals surface area contributed by atoms with Crippen LogP contribution in [0.25, 0.3) is 0 Å². The van der Waals surface area contributed by atoms with E-state index in [1.807, 2.05) is 32.9 Å². The first kappa shape index (κ1) is 19.0.